The van der Waals surface area contributed by atoms with Gasteiger partial charge in [0, 0.05) is 51.6 Å². The summed E-state index contributed by atoms with van der Waals surface area (Å²) >= 11 is 0. The summed E-state index contributed by atoms with van der Waals surface area (Å²) in [7, 11) is 0. The van der Waals surface area contributed by atoms with Crippen LogP contribution in [-0.4, -0.2) is 60.4 Å². The van der Waals surface area contributed by atoms with Gasteiger partial charge in [-0.1, -0.05) is 30.3 Å². The molecule has 0 bridgehead atoms. The van der Waals surface area contributed by atoms with E-state index < -0.39 is 0 Å². The molecule has 0 aromatic heterocycles. The minimum atomic E-state index is 0.168. The van der Waals surface area contributed by atoms with Crippen molar-refractivity contribution in [3.8, 4) is 0 Å². The van der Waals surface area contributed by atoms with Crippen LogP contribution in [0.1, 0.15) is 37.7 Å². The van der Waals surface area contributed by atoms with E-state index in [-0.39, 0.29) is 11.8 Å². The van der Waals surface area contributed by atoms with Crippen molar-refractivity contribution >= 4 is 11.8 Å². The van der Waals surface area contributed by atoms with E-state index in [1.54, 1.807) is 0 Å². The predicted octanol–water partition coefficient (Wildman–Crippen LogP) is 1.82. The molecule has 0 atom stereocenters. The zero-order valence-corrected chi connectivity index (χ0v) is 15.0. The zero-order valence-electron chi connectivity index (χ0n) is 15.0. The van der Waals surface area contributed by atoms with E-state index in [1.165, 1.54) is 5.56 Å². The third-order valence-corrected chi connectivity index (χ3v) is 5.02. The van der Waals surface area contributed by atoms with Crippen molar-refractivity contribution in [2.24, 2.45) is 0 Å². The lowest BCUT2D eigenvalue weighted by molar-refractivity contribution is -0.133. The number of nitrogens with one attached hydrogen (secondary N) is 1. The molecule has 1 saturated heterocycles. The number of rotatable bonds is 8. The van der Waals surface area contributed by atoms with Gasteiger partial charge < -0.3 is 10.2 Å². The number of piperazine rings is 1. The van der Waals surface area contributed by atoms with Crippen molar-refractivity contribution in [3.63, 3.8) is 0 Å². The Kier molecular flexibility index (Phi) is 6.45. The molecule has 0 unspecified atom stereocenters. The first-order valence-corrected chi connectivity index (χ1v) is 9.54. The van der Waals surface area contributed by atoms with Gasteiger partial charge in [0.25, 0.3) is 0 Å². The SMILES string of the molecule is O=C(CCN1CCN(C(=O)CCCc2ccccc2)CC1)NC1CC1. The van der Waals surface area contributed by atoms with Crippen LogP contribution in [0.4, 0.5) is 0 Å². The van der Waals surface area contributed by atoms with E-state index in [1.807, 2.05) is 23.1 Å². The number of amides is 2. The molecule has 0 radical (unpaired) electrons. The summed E-state index contributed by atoms with van der Waals surface area (Å²) < 4.78 is 0. The Bertz CT molecular complexity index is 564. The van der Waals surface area contributed by atoms with Crippen LogP contribution in [0.25, 0.3) is 0 Å². The van der Waals surface area contributed by atoms with Crippen LogP contribution < -0.4 is 5.32 Å². The maximum absolute atomic E-state index is 12.3. The number of hydrogen-bond acceptors (Lipinski definition) is 3. The quantitative estimate of drug-likeness (QED) is 0.783. The highest BCUT2D eigenvalue weighted by Crippen LogP contribution is 2.18. The maximum Gasteiger partial charge on any atom is 0.222 e. The van der Waals surface area contributed by atoms with Crippen LogP contribution in [0.2, 0.25) is 0 Å². The Hall–Kier alpha value is -1.88. The van der Waals surface area contributed by atoms with Gasteiger partial charge in [-0.15, -0.1) is 0 Å². The van der Waals surface area contributed by atoms with E-state index in [4.69, 9.17) is 0 Å². The van der Waals surface area contributed by atoms with Crippen molar-refractivity contribution in [1.29, 1.82) is 0 Å². The Morgan fingerprint density at radius 2 is 1.72 bits per heavy atom. The van der Waals surface area contributed by atoms with Crippen LogP contribution in [0.5, 0.6) is 0 Å². The molecule has 136 valence electrons. The van der Waals surface area contributed by atoms with Crippen molar-refractivity contribution in [1.82, 2.24) is 15.1 Å². The highest BCUT2D eigenvalue weighted by molar-refractivity contribution is 5.77. The van der Waals surface area contributed by atoms with Gasteiger partial charge >= 0.3 is 0 Å². The smallest absolute Gasteiger partial charge is 0.222 e. The van der Waals surface area contributed by atoms with Crippen LogP contribution >= 0.6 is 0 Å². The van der Waals surface area contributed by atoms with Crippen molar-refractivity contribution < 1.29 is 9.59 Å². The minimum Gasteiger partial charge on any atom is -0.353 e. The molecule has 1 N–H and O–H groups in total. The predicted molar refractivity (Wildman–Crippen MR) is 98.2 cm³/mol. The largest absolute Gasteiger partial charge is 0.353 e. The zero-order chi connectivity index (χ0) is 17.5. The Balaban J connectivity index is 1.28. The van der Waals surface area contributed by atoms with Crippen molar-refractivity contribution in [2.45, 2.75) is 44.6 Å². The fourth-order valence-corrected chi connectivity index (χ4v) is 3.25. The number of hydrogen-bond donors (Lipinski definition) is 1. The molecule has 5 heteroatoms. The van der Waals surface area contributed by atoms with Gasteiger partial charge in [-0.05, 0) is 31.2 Å². The number of benzene rings is 1. The van der Waals surface area contributed by atoms with Gasteiger partial charge in [0.1, 0.15) is 0 Å². The molecule has 3 rings (SSSR count). The van der Waals surface area contributed by atoms with Gasteiger partial charge in [0.05, 0.1) is 0 Å². The summed E-state index contributed by atoms with van der Waals surface area (Å²) in [5.41, 5.74) is 1.30. The lowest BCUT2D eigenvalue weighted by Crippen LogP contribution is -2.49. The van der Waals surface area contributed by atoms with E-state index in [0.717, 1.165) is 58.4 Å². The van der Waals surface area contributed by atoms with Crippen LogP contribution in [0.15, 0.2) is 30.3 Å². The van der Waals surface area contributed by atoms with Crippen molar-refractivity contribution in [2.75, 3.05) is 32.7 Å². The van der Waals surface area contributed by atoms with Gasteiger partial charge in [-0.3, -0.25) is 14.5 Å². The van der Waals surface area contributed by atoms with Gasteiger partial charge in [-0.25, -0.2) is 0 Å². The van der Waals surface area contributed by atoms with E-state index in [9.17, 15) is 9.59 Å². The molecule has 2 aliphatic rings. The monoisotopic (exact) mass is 343 g/mol. The van der Waals surface area contributed by atoms with Gasteiger partial charge in [0.15, 0.2) is 0 Å². The summed E-state index contributed by atoms with van der Waals surface area (Å²) in [4.78, 5) is 28.3. The minimum absolute atomic E-state index is 0.168. The standard InChI is InChI=1S/C20H29N3O2/c24-19(21-18-9-10-18)11-12-22-13-15-23(16-14-22)20(25)8-4-7-17-5-2-1-3-6-17/h1-3,5-6,18H,4,7-16H2,(H,21,24). The molecule has 1 aliphatic heterocycles. The Labute approximate surface area is 150 Å². The number of aryl methyl sites for hydroxylation is 1. The first-order valence-electron chi connectivity index (χ1n) is 9.54. The fraction of sp³-hybridized carbons (Fsp3) is 0.600. The third kappa shape index (κ3) is 6.16. The molecule has 1 heterocycles. The van der Waals surface area contributed by atoms with Crippen LogP contribution in [0, 0.1) is 0 Å². The van der Waals surface area contributed by atoms with E-state index >= 15 is 0 Å². The normalized spacial score (nSPS) is 18.2. The topological polar surface area (TPSA) is 52.7 Å². The first kappa shape index (κ1) is 17.9. The molecule has 2 amide bonds. The number of carbonyl (C=O) groups is 2. The molecule has 0 spiro atoms. The average molecular weight is 343 g/mol. The second-order valence-corrected chi connectivity index (χ2v) is 7.15. The molecule has 25 heavy (non-hydrogen) atoms. The Morgan fingerprint density at radius 3 is 2.40 bits per heavy atom. The van der Waals surface area contributed by atoms with Crippen LogP contribution in [-0.2, 0) is 16.0 Å². The van der Waals surface area contributed by atoms with Gasteiger partial charge in [-0.2, -0.15) is 0 Å². The molecule has 1 aromatic rings. The van der Waals surface area contributed by atoms with Crippen molar-refractivity contribution in [3.05, 3.63) is 35.9 Å². The van der Waals surface area contributed by atoms with Crippen LogP contribution in [0.3, 0.4) is 0 Å². The molecular weight excluding hydrogens is 314 g/mol. The summed E-state index contributed by atoms with van der Waals surface area (Å²) in [6, 6.07) is 10.8. The first-order chi connectivity index (χ1) is 12.2. The maximum atomic E-state index is 12.3. The summed E-state index contributed by atoms with van der Waals surface area (Å²) in [6.07, 6.45) is 5.33. The number of carbonyl (C=O) groups excluding carboxylic acids is 2. The van der Waals surface area contributed by atoms with E-state index in [0.29, 0.717) is 18.9 Å². The summed E-state index contributed by atoms with van der Waals surface area (Å²) in [5, 5.41) is 3.03. The highest BCUT2D eigenvalue weighted by Gasteiger charge is 2.24. The summed E-state index contributed by atoms with van der Waals surface area (Å²) in [6.45, 7) is 4.12. The highest BCUT2D eigenvalue weighted by atomic mass is 16.2. The lowest BCUT2D eigenvalue weighted by atomic mass is 10.1. The number of nitrogens with zero attached hydrogens (tertiary/aromatic N) is 2. The molecule has 5 nitrogen and oxygen atoms in total. The second-order valence-electron chi connectivity index (χ2n) is 7.15. The Morgan fingerprint density at radius 1 is 1.00 bits per heavy atom. The average Bonchev–Trinajstić information content (AvgIpc) is 3.45. The van der Waals surface area contributed by atoms with E-state index in [2.05, 4.69) is 22.3 Å². The van der Waals surface area contributed by atoms with Gasteiger partial charge in [0.2, 0.25) is 11.8 Å². The fourth-order valence-electron chi connectivity index (χ4n) is 3.25. The molecule has 1 saturated carbocycles. The molecule has 1 aromatic carbocycles. The third-order valence-electron chi connectivity index (χ3n) is 5.02. The lowest BCUT2D eigenvalue weighted by Gasteiger charge is -2.34. The second kappa shape index (κ2) is 8.99. The molecular formula is C20H29N3O2. The molecule has 2 fully saturated rings. The molecule has 1 aliphatic carbocycles. The summed E-state index contributed by atoms with van der Waals surface area (Å²) in [5.74, 6) is 0.434.